The molecule has 1 aromatic heterocycles. The molecule has 0 amide bonds. The molecule has 25 heavy (non-hydrogen) atoms. The lowest BCUT2D eigenvalue weighted by atomic mass is 10.1. The molecule has 0 atom stereocenters. The molecule has 1 N–H and O–H groups in total. The van der Waals surface area contributed by atoms with E-state index in [9.17, 15) is 4.39 Å². The van der Waals surface area contributed by atoms with Crippen LogP contribution in [0.4, 0.5) is 10.1 Å². The molecule has 2 heterocycles. The first kappa shape index (κ1) is 15.5. The fourth-order valence-corrected chi connectivity index (χ4v) is 3.45. The highest BCUT2D eigenvalue weighted by Gasteiger charge is 2.20. The molecule has 0 saturated heterocycles. The highest BCUT2D eigenvalue weighted by Crippen LogP contribution is 2.27. The van der Waals surface area contributed by atoms with Crippen molar-refractivity contribution in [1.82, 2.24) is 4.98 Å². The summed E-state index contributed by atoms with van der Waals surface area (Å²) in [6, 6.07) is 19.2. The Bertz CT molecular complexity index is 938. The average Bonchev–Trinajstić information content (AvgIpc) is 3.03. The van der Waals surface area contributed by atoms with Gasteiger partial charge in [0.1, 0.15) is 5.82 Å². The zero-order valence-electron chi connectivity index (χ0n) is 13.8. The van der Waals surface area contributed by atoms with Crippen molar-refractivity contribution >= 4 is 5.69 Å². The van der Waals surface area contributed by atoms with E-state index in [4.69, 9.17) is 5.26 Å². The first-order chi connectivity index (χ1) is 12.2. The smallest absolute Gasteiger partial charge is 0.126 e. The van der Waals surface area contributed by atoms with Crippen LogP contribution in [0.3, 0.4) is 0 Å². The van der Waals surface area contributed by atoms with Crippen molar-refractivity contribution < 1.29 is 4.39 Å². The molecule has 0 aliphatic carbocycles. The molecule has 0 unspecified atom stereocenters. The second-order valence-electron chi connectivity index (χ2n) is 6.44. The number of nitrogens with one attached hydrogen (secondary N) is 1. The lowest BCUT2D eigenvalue weighted by molar-refractivity contribution is 0.624. The Morgan fingerprint density at radius 2 is 1.96 bits per heavy atom. The summed E-state index contributed by atoms with van der Waals surface area (Å²) in [5.41, 5.74) is 6.12. The van der Waals surface area contributed by atoms with Gasteiger partial charge >= 0.3 is 0 Å². The predicted octanol–water partition coefficient (Wildman–Crippen LogP) is 4.18. The van der Waals surface area contributed by atoms with Gasteiger partial charge in [0.25, 0.3) is 0 Å². The van der Waals surface area contributed by atoms with Gasteiger partial charge in [0.15, 0.2) is 0 Å². The Hall–Kier alpha value is -3.06. The number of hydrogen-bond donors (Lipinski definition) is 1. The molecule has 0 radical (unpaired) electrons. The molecular weight excluding hydrogens is 313 g/mol. The maximum atomic E-state index is 13.7. The molecule has 4 rings (SSSR count). The molecule has 1 aliphatic heterocycles. The van der Waals surface area contributed by atoms with E-state index < -0.39 is 0 Å². The predicted molar refractivity (Wildman–Crippen MR) is 95.9 cm³/mol. The molecule has 0 spiro atoms. The number of rotatable bonds is 3. The van der Waals surface area contributed by atoms with Crippen molar-refractivity contribution in [2.75, 3.05) is 11.4 Å². The maximum Gasteiger partial charge on any atom is 0.126 e. The third kappa shape index (κ3) is 3.27. The van der Waals surface area contributed by atoms with Gasteiger partial charge in [0.05, 0.1) is 18.2 Å². The van der Waals surface area contributed by atoms with E-state index in [2.05, 4.69) is 40.2 Å². The number of halogens is 1. The fraction of sp³-hybridized carbons (Fsp3) is 0.190. The second-order valence-corrected chi connectivity index (χ2v) is 6.44. The topological polar surface area (TPSA) is 42.8 Å². The van der Waals surface area contributed by atoms with Gasteiger partial charge in [0.2, 0.25) is 0 Å². The normalized spacial score (nSPS) is 13.4. The maximum absolute atomic E-state index is 13.7. The minimum atomic E-state index is -0.365. The number of fused-ring (bicyclic) bond motifs is 1. The number of aromatic nitrogens is 1. The van der Waals surface area contributed by atoms with Gasteiger partial charge in [0, 0.05) is 30.0 Å². The van der Waals surface area contributed by atoms with Gasteiger partial charge in [-0.1, -0.05) is 30.3 Å². The second kappa shape index (κ2) is 6.45. The first-order valence-electron chi connectivity index (χ1n) is 8.40. The van der Waals surface area contributed by atoms with Crippen LogP contribution in [0.15, 0.2) is 54.6 Å². The number of hydrogen-bond acceptors (Lipinski definition) is 2. The van der Waals surface area contributed by atoms with Crippen molar-refractivity contribution in [3.05, 3.63) is 88.5 Å². The summed E-state index contributed by atoms with van der Waals surface area (Å²) in [4.78, 5) is 5.64. The van der Waals surface area contributed by atoms with Gasteiger partial charge in [-0.25, -0.2) is 4.39 Å². The van der Waals surface area contributed by atoms with Crippen molar-refractivity contribution in [2.24, 2.45) is 0 Å². The summed E-state index contributed by atoms with van der Waals surface area (Å²) in [5, 5.41) is 9.04. The quantitative estimate of drug-likeness (QED) is 0.782. The molecule has 4 heteroatoms. The van der Waals surface area contributed by atoms with Crippen LogP contribution >= 0.6 is 0 Å². The summed E-state index contributed by atoms with van der Waals surface area (Å²) < 4.78 is 13.7. The zero-order valence-corrected chi connectivity index (χ0v) is 13.8. The van der Waals surface area contributed by atoms with E-state index in [-0.39, 0.29) is 5.82 Å². The van der Waals surface area contributed by atoms with Crippen LogP contribution in [-0.2, 0) is 19.4 Å². The Labute approximate surface area is 146 Å². The highest BCUT2D eigenvalue weighted by molar-refractivity contribution is 5.53. The van der Waals surface area contributed by atoms with E-state index >= 15 is 0 Å². The highest BCUT2D eigenvalue weighted by atomic mass is 19.1. The zero-order chi connectivity index (χ0) is 17.2. The number of nitriles is 1. The van der Waals surface area contributed by atoms with E-state index in [1.807, 2.05) is 12.1 Å². The van der Waals surface area contributed by atoms with Crippen LogP contribution in [0, 0.1) is 17.1 Å². The van der Waals surface area contributed by atoms with Crippen LogP contribution in [0.25, 0.3) is 0 Å². The number of aromatic amines is 1. The molecule has 3 nitrogen and oxygen atoms in total. The van der Waals surface area contributed by atoms with Crippen LogP contribution in [0.1, 0.15) is 28.1 Å². The van der Waals surface area contributed by atoms with Crippen LogP contribution in [0.2, 0.25) is 0 Å². The van der Waals surface area contributed by atoms with Crippen molar-refractivity contribution in [1.29, 1.82) is 5.26 Å². The molecule has 0 fully saturated rings. The van der Waals surface area contributed by atoms with Crippen LogP contribution in [0.5, 0.6) is 0 Å². The number of anilines is 1. The first-order valence-corrected chi connectivity index (χ1v) is 8.40. The molecule has 124 valence electrons. The summed E-state index contributed by atoms with van der Waals surface area (Å²) in [6.45, 7) is 1.53. The molecule has 2 aromatic carbocycles. The lowest BCUT2D eigenvalue weighted by Crippen LogP contribution is -2.30. The molecular formula is C21H18FN3. The third-order valence-electron chi connectivity index (χ3n) is 4.66. The summed E-state index contributed by atoms with van der Waals surface area (Å²) in [5.74, 6) is -0.365. The number of benzene rings is 2. The molecule has 0 bridgehead atoms. The largest absolute Gasteiger partial charge is 0.365 e. The summed E-state index contributed by atoms with van der Waals surface area (Å²) in [7, 11) is 0. The monoisotopic (exact) mass is 331 g/mol. The Morgan fingerprint density at radius 1 is 1.12 bits per heavy atom. The van der Waals surface area contributed by atoms with Gasteiger partial charge in [-0.3, -0.25) is 0 Å². The van der Waals surface area contributed by atoms with Crippen molar-refractivity contribution in [3.63, 3.8) is 0 Å². The summed E-state index contributed by atoms with van der Waals surface area (Å²) >= 11 is 0. The fourth-order valence-electron chi connectivity index (χ4n) is 3.45. The third-order valence-corrected chi connectivity index (χ3v) is 4.66. The van der Waals surface area contributed by atoms with Crippen LogP contribution in [-0.4, -0.2) is 11.5 Å². The lowest BCUT2D eigenvalue weighted by Gasteiger charge is -2.29. The minimum absolute atomic E-state index is 0.358. The SMILES string of the molecule is N#Cc1cc(F)cc(N2CCc3cc(Cc4ccccc4)[nH]c3C2)c1. The summed E-state index contributed by atoms with van der Waals surface area (Å²) in [6.07, 6.45) is 1.80. The van der Waals surface area contributed by atoms with Crippen molar-refractivity contribution in [3.8, 4) is 6.07 Å². The Kier molecular flexibility index (Phi) is 3.99. The van der Waals surface area contributed by atoms with Crippen LogP contribution < -0.4 is 4.90 Å². The Balaban J connectivity index is 1.56. The molecule has 0 saturated carbocycles. The van der Waals surface area contributed by atoms with Gasteiger partial charge < -0.3 is 9.88 Å². The Morgan fingerprint density at radius 3 is 2.76 bits per heavy atom. The van der Waals surface area contributed by atoms with Gasteiger partial charge in [-0.2, -0.15) is 5.26 Å². The minimum Gasteiger partial charge on any atom is -0.365 e. The standard InChI is InChI=1S/C21H18FN3/c22-18-8-16(13-23)10-20(12-18)25-7-6-17-11-19(24-21(17)14-25)9-15-4-2-1-3-5-15/h1-5,8,10-12,24H,6-7,9,14H2. The average molecular weight is 331 g/mol. The van der Waals surface area contributed by atoms with Gasteiger partial charge in [-0.05, 0) is 41.8 Å². The number of H-pyrrole nitrogens is 1. The molecule has 3 aromatic rings. The van der Waals surface area contributed by atoms with E-state index in [0.717, 1.165) is 25.1 Å². The molecule has 1 aliphatic rings. The van der Waals surface area contributed by atoms with E-state index in [0.29, 0.717) is 12.1 Å². The van der Waals surface area contributed by atoms with E-state index in [1.54, 1.807) is 6.07 Å². The van der Waals surface area contributed by atoms with Gasteiger partial charge in [-0.15, -0.1) is 0 Å². The van der Waals surface area contributed by atoms with E-state index in [1.165, 1.54) is 34.6 Å². The number of nitrogens with zero attached hydrogens (tertiary/aromatic N) is 2. The van der Waals surface area contributed by atoms with Crippen molar-refractivity contribution in [2.45, 2.75) is 19.4 Å².